The van der Waals surface area contributed by atoms with Gasteiger partial charge in [-0.25, -0.2) is 0 Å². The largest absolute Gasteiger partial charge is 0.497 e. The van der Waals surface area contributed by atoms with Crippen LogP contribution in [0.5, 0.6) is 5.75 Å². The van der Waals surface area contributed by atoms with E-state index in [1.54, 1.807) is 7.11 Å². The lowest BCUT2D eigenvalue weighted by Crippen LogP contribution is -2.39. The fourth-order valence-corrected chi connectivity index (χ4v) is 2.68. The topological polar surface area (TPSA) is 29.5 Å². The van der Waals surface area contributed by atoms with Gasteiger partial charge in [-0.05, 0) is 36.5 Å². The second kappa shape index (κ2) is 6.80. The van der Waals surface area contributed by atoms with Crippen LogP contribution in [-0.2, 0) is 11.2 Å². The zero-order valence-corrected chi connectivity index (χ0v) is 12.0. The molecule has 3 nitrogen and oxygen atoms in total. The van der Waals surface area contributed by atoms with Crippen LogP contribution < -0.4 is 4.74 Å². The van der Waals surface area contributed by atoms with Crippen molar-refractivity contribution in [1.82, 2.24) is 4.90 Å². The maximum atomic E-state index is 12.2. The van der Waals surface area contributed by atoms with E-state index in [9.17, 15) is 4.79 Å². The van der Waals surface area contributed by atoms with Gasteiger partial charge < -0.3 is 9.64 Å². The van der Waals surface area contributed by atoms with E-state index in [2.05, 4.69) is 0 Å². The third kappa shape index (κ3) is 3.87. The maximum Gasteiger partial charge on any atom is 0.226 e. The van der Waals surface area contributed by atoms with Crippen molar-refractivity contribution in [2.24, 2.45) is 5.92 Å². The van der Waals surface area contributed by atoms with E-state index in [0.29, 0.717) is 18.2 Å². The summed E-state index contributed by atoms with van der Waals surface area (Å²) in [6, 6.07) is 7.68. The number of likely N-dealkylation sites (tertiary alicyclic amines) is 1. The number of alkyl halides is 1. The van der Waals surface area contributed by atoms with Crippen LogP contribution in [0.25, 0.3) is 0 Å². The molecular formula is C15H20ClNO2. The zero-order chi connectivity index (χ0) is 13.7. The average Bonchev–Trinajstić information content (AvgIpc) is 2.48. The molecule has 0 spiro atoms. The first-order chi connectivity index (χ1) is 9.22. The minimum absolute atomic E-state index is 0.207. The van der Waals surface area contributed by atoms with Crippen molar-refractivity contribution in [3.63, 3.8) is 0 Å². The van der Waals surface area contributed by atoms with Crippen LogP contribution in [0.15, 0.2) is 24.3 Å². The maximum absolute atomic E-state index is 12.2. The highest BCUT2D eigenvalue weighted by molar-refractivity contribution is 6.18. The lowest BCUT2D eigenvalue weighted by atomic mass is 9.98. The highest BCUT2D eigenvalue weighted by Gasteiger charge is 2.22. The number of rotatable bonds is 4. The molecule has 0 aromatic heterocycles. The molecule has 0 unspecified atom stereocenters. The molecule has 1 aliphatic rings. The second-order valence-electron chi connectivity index (χ2n) is 5.00. The third-order valence-corrected chi connectivity index (χ3v) is 4.14. The van der Waals surface area contributed by atoms with E-state index in [4.69, 9.17) is 16.3 Å². The van der Waals surface area contributed by atoms with Gasteiger partial charge in [-0.2, -0.15) is 0 Å². The average molecular weight is 282 g/mol. The summed E-state index contributed by atoms with van der Waals surface area (Å²) in [6.07, 6.45) is 2.52. The summed E-state index contributed by atoms with van der Waals surface area (Å²) in [5.41, 5.74) is 1.03. The van der Waals surface area contributed by atoms with Gasteiger partial charge in [0.2, 0.25) is 5.91 Å². The van der Waals surface area contributed by atoms with E-state index in [-0.39, 0.29) is 5.91 Å². The van der Waals surface area contributed by atoms with Crippen molar-refractivity contribution in [2.75, 3.05) is 26.1 Å². The van der Waals surface area contributed by atoms with Gasteiger partial charge in [-0.3, -0.25) is 4.79 Å². The van der Waals surface area contributed by atoms with Gasteiger partial charge in [0.25, 0.3) is 0 Å². The molecule has 4 heteroatoms. The first kappa shape index (κ1) is 14.2. The van der Waals surface area contributed by atoms with Crippen molar-refractivity contribution < 1.29 is 9.53 Å². The van der Waals surface area contributed by atoms with Crippen molar-refractivity contribution in [1.29, 1.82) is 0 Å². The highest BCUT2D eigenvalue weighted by Crippen LogP contribution is 2.19. The van der Waals surface area contributed by atoms with Gasteiger partial charge in [-0.1, -0.05) is 12.1 Å². The van der Waals surface area contributed by atoms with Gasteiger partial charge in [-0.15, -0.1) is 11.6 Å². The van der Waals surface area contributed by atoms with Crippen LogP contribution in [0.3, 0.4) is 0 Å². The van der Waals surface area contributed by atoms with E-state index in [1.807, 2.05) is 29.2 Å². The SMILES string of the molecule is COc1ccc(CC(=O)N2CCC(CCl)CC2)cc1. The summed E-state index contributed by atoms with van der Waals surface area (Å²) in [7, 11) is 1.64. The molecule has 0 bridgehead atoms. The number of hydrogen-bond donors (Lipinski definition) is 0. The molecule has 1 fully saturated rings. The molecule has 19 heavy (non-hydrogen) atoms. The molecular weight excluding hydrogens is 262 g/mol. The van der Waals surface area contributed by atoms with E-state index >= 15 is 0 Å². The minimum atomic E-state index is 0.207. The summed E-state index contributed by atoms with van der Waals surface area (Å²) >= 11 is 5.85. The van der Waals surface area contributed by atoms with E-state index in [1.165, 1.54) is 0 Å². The number of ether oxygens (including phenoxy) is 1. The first-order valence-electron chi connectivity index (χ1n) is 6.69. The second-order valence-corrected chi connectivity index (χ2v) is 5.31. The normalized spacial score (nSPS) is 16.4. The predicted molar refractivity (Wildman–Crippen MR) is 76.7 cm³/mol. The van der Waals surface area contributed by atoms with Crippen LogP contribution in [0.2, 0.25) is 0 Å². The fourth-order valence-electron chi connectivity index (χ4n) is 2.37. The molecule has 0 saturated carbocycles. The Kier molecular flexibility index (Phi) is 5.08. The molecule has 0 N–H and O–H groups in total. The molecule has 0 radical (unpaired) electrons. The molecule has 0 aliphatic carbocycles. The van der Waals surface area contributed by atoms with E-state index in [0.717, 1.165) is 37.2 Å². The van der Waals surface area contributed by atoms with Crippen molar-refractivity contribution in [3.05, 3.63) is 29.8 Å². The van der Waals surface area contributed by atoms with Gasteiger partial charge in [0.15, 0.2) is 0 Å². The van der Waals surface area contributed by atoms with Crippen LogP contribution >= 0.6 is 11.6 Å². The molecule has 1 aromatic carbocycles. The van der Waals surface area contributed by atoms with Crippen molar-refractivity contribution in [3.8, 4) is 5.75 Å². The number of halogens is 1. The quantitative estimate of drug-likeness (QED) is 0.794. The van der Waals surface area contributed by atoms with Crippen molar-refractivity contribution >= 4 is 17.5 Å². The highest BCUT2D eigenvalue weighted by atomic mass is 35.5. The molecule has 104 valence electrons. The Labute approximate surface area is 119 Å². The van der Waals surface area contributed by atoms with Gasteiger partial charge in [0.1, 0.15) is 5.75 Å². The molecule has 1 saturated heterocycles. The molecule has 1 aliphatic heterocycles. The Balaban J connectivity index is 1.86. The number of methoxy groups -OCH3 is 1. The van der Waals surface area contributed by atoms with Crippen LogP contribution in [0.4, 0.5) is 0 Å². The fraction of sp³-hybridized carbons (Fsp3) is 0.533. The number of carbonyl (C=O) groups excluding carboxylic acids is 1. The Bertz CT molecular complexity index is 411. The monoisotopic (exact) mass is 281 g/mol. The summed E-state index contributed by atoms with van der Waals surface area (Å²) in [5, 5.41) is 0. The Morgan fingerprint density at radius 1 is 1.32 bits per heavy atom. The predicted octanol–water partition coefficient (Wildman–Crippen LogP) is 2.72. The third-order valence-electron chi connectivity index (χ3n) is 3.70. The molecule has 1 aromatic rings. The van der Waals surface area contributed by atoms with Gasteiger partial charge in [0, 0.05) is 19.0 Å². The summed E-state index contributed by atoms with van der Waals surface area (Å²) < 4.78 is 5.11. The van der Waals surface area contributed by atoms with Crippen LogP contribution in [0, 0.1) is 5.92 Å². The number of carbonyl (C=O) groups is 1. The summed E-state index contributed by atoms with van der Waals surface area (Å²) in [6.45, 7) is 1.68. The Morgan fingerprint density at radius 2 is 1.95 bits per heavy atom. The number of benzene rings is 1. The molecule has 0 atom stereocenters. The zero-order valence-electron chi connectivity index (χ0n) is 11.3. The number of piperidine rings is 1. The summed E-state index contributed by atoms with van der Waals surface area (Å²) in [5.74, 6) is 2.31. The minimum Gasteiger partial charge on any atom is -0.497 e. The lowest BCUT2D eigenvalue weighted by Gasteiger charge is -2.31. The summed E-state index contributed by atoms with van der Waals surface area (Å²) in [4.78, 5) is 14.1. The molecule has 2 rings (SSSR count). The lowest BCUT2D eigenvalue weighted by molar-refractivity contribution is -0.131. The van der Waals surface area contributed by atoms with Gasteiger partial charge in [0.05, 0.1) is 13.5 Å². The van der Waals surface area contributed by atoms with Crippen LogP contribution in [0.1, 0.15) is 18.4 Å². The first-order valence-corrected chi connectivity index (χ1v) is 7.23. The van der Waals surface area contributed by atoms with Gasteiger partial charge >= 0.3 is 0 Å². The van der Waals surface area contributed by atoms with Crippen molar-refractivity contribution in [2.45, 2.75) is 19.3 Å². The smallest absolute Gasteiger partial charge is 0.226 e. The molecule has 1 heterocycles. The Morgan fingerprint density at radius 3 is 2.47 bits per heavy atom. The standard InChI is InChI=1S/C15H20ClNO2/c1-19-14-4-2-12(3-5-14)10-15(18)17-8-6-13(11-16)7-9-17/h2-5,13H,6-11H2,1H3. The van der Waals surface area contributed by atoms with E-state index < -0.39 is 0 Å². The molecule has 1 amide bonds. The Hall–Kier alpha value is -1.22. The number of nitrogens with zero attached hydrogens (tertiary/aromatic N) is 1. The van der Waals surface area contributed by atoms with Crippen LogP contribution in [-0.4, -0.2) is 36.9 Å². The number of amides is 1. The number of hydrogen-bond acceptors (Lipinski definition) is 2.